The van der Waals surface area contributed by atoms with Crippen LogP contribution in [0.4, 0.5) is 13.2 Å². The van der Waals surface area contributed by atoms with Crippen LogP contribution >= 0.6 is 0 Å². The number of nitrogens with one attached hydrogen (secondary N) is 1. The highest BCUT2D eigenvalue weighted by Gasteiger charge is 2.38. The zero-order valence-corrected chi connectivity index (χ0v) is 7.88. The first kappa shape index (κ1) is 12.3. The van der Waals surface area contributed by atoms with Gasteiger partial charge in [0.15, 0.2) is 6.10 Å². The summed E-state index contributed by atoms with van der Waals surface area (Å²) in [5, 5.41) is 10.6. The lowest BCUT2D eigenvalue weighted by Crippen LogP contribution is -2.43. The van der Waals surface area contributed by atoms with Crippen LogP contribution in [0.15, 0.2) is 0 Å². The molecule has 7 heteroatoms. The summed E-state index contributed by atoms with van der Waals surface area (Å²) in [6, 6.07) is 0. The quantitative estimate of drug-likeness (QED) is 0.724. The molecule has 1 rings (SSSR count). The fraction of sp³-hybridized carbons (Fsp3) is 0.875. The van der Waals surface area contributed by atoms with E-state index < -0.39 is 30.8 Å². The van der Waals surface area contributed by atoms with E-state index in [0.717, 1.165) is 6.42 Å². The molecule has 0 aromatic carbocycles. The second-order valence-electron chi connectivity index (χ2n) is 3.30. The second kappa shape index (κ2) is 4.80. The Morgan fingerprint density at radius 2 is 2.27 bits per heavy atom. The third-order valence-electron chi connectivity index (χ3n) is 2.07. The van der Waals surface area contributed by atoms with Crippen LogP contribution in [0.5, 0.6) is 0 Å². The van der Waals surface area contributed by atoms with Gasteiger partial charge in [-0.3, -0.25) is 4.79 Å². The third kappa shape index (κ3) is 3.67. The van der Waals surface area contributed by atoms with Crippen LogP contribution in [0.25, 0.3) is 0 Å². The van der Waals surface area contributed by atoms with Crippen LogP contribution < -0.4 is 5.32 Å². The molecular weight excluding hydrogens is 215 g/mol. The second-order valence-corrected chi connectivity index (χ2v) is 3.30. The van der Waals surface area contributed by atoms with Gasteiger partial charge in [-0.15, -0.1) is 0 Å². The Bertz CT molecular complexity index is 226. The van der Waals surface area contributed by atoms with Crippen molar-refractivity contribution in [2.75, 3.05) is 13.2 Å². The SMILES string of the molecule is O=C(NCC(O)C(F)(F)F)[C@@H]1CCCO1. The lowest BCUT2D eigenvalue weighted by atomic mass is 10.2. The molecule has 1 heterocycles. The van der Waals surface area contributed by atoms with E-state index >= 15 is 0 Å². The van der Waals surface area contributed by atoms with Gasteiger partial charge in [-0.25, -0.2) is 0 Å². The number of carbonyl (C=O) groups is 1. The van der Waals surface area contributed by atoms with E-state index in [9.17, 15) is 18.0 Å². The smallest absolute Gasteiger partial charge is 0.382 e. The molecule has 1 saturated heterocycles. The molecule has 4 nitrogen and oxygen atoms in total. The molecule has 1 unspecified atom stereocenters. The van der Waals surface area contributed by atoms with Crippen molar-refractivity contribution in [1.29, 1.82) is 0 Å². The Morgan fingerprint density at radius 3 is 2.73 bits per heavy atom. The van der Waals surface area contributed by atoms with Crippen molar-refractivity contribution in [2.24, 2.45) is 0 Å². The largest absolute Gasteiger partial charge is 0.416 e. The molecule has 0 aliphatic carbocycles. The molecule has 88 valence electrons. The monoisotopic (exact) mass is 227 g/mol. The summed E-state index contributed by atoms with van der Waals surface area (Å²) in [6.07, 6.45) is -6.68. The number of carbonyl (C=O) groups excluding carboxylic acids is 1. The predicted molar refractivity (Wildman–Crippen MR) is 44.0 cm³/mol. The molecule has 1 amide bonds. The molecule has 0 spiro atoms. The zero-order chi connectivity index (χ0) is 11.5. The van der Waals surface area contributed by atoms with Crippen molar-refractivity contribution in [3.8, 4) is 0 Å². The molecule has 1 aliphatic heterocycles. The highest BCUT2D eigenvalue weighted by molar-refractivity contribution is 5.80. The van der Waals surface area contributed by atoms with E-state index in [4.69, 9.17) is 9.84 Å². The molecular formula is C8H12F3NO3. The summed E-state index contributed by atoms with van der Waals surface area (Å²) in [4.78, 5) is 11.2. The highest BCUT2D eigenvalue weighted by Crippen LogP contribution is 2.19. The number of hydrogen-bond donors (Lipinski definition) is 2. The maximum absolute atomic E-state index is 11.8. The van der Waals surface area contributed by atoms with Crippen LogP contribution in [-0.2, 0) is 9.53 Å². The molecule has 15 heavy (non-hydrogen) atoms. The van der Waals surface area contributed by atoms with E-state index in [1.54, 1.807) is 0 Å². The van der Waals surface area contributed by atoms with Crippen molar-refractivity contribution in [3.63, 3.8) is 0 Å². The van der Waals surface area contributed by atoms with E-state index in [1.807, 2.05) is 5.32 Å². The molecule has 1 aliphatic rings. The molecule has 2 N–H and O–H groups in total. The number of hydrogen-bond acceptors (Lipinski definition) is 3. The lowest BCUT2D eigenvalue weighted by molar-refractivity contribution is -0.202. The molecule has 0 bridgehead atoms. The van der Waals surface area contributed by atoms with Crippen LogP contribution in [-0.4, -0.2) is 42.5 Å². The van der Waals surface area contributed by atoms with E-state index in [1.165, 1.54) is 0 Å². The standard InChI is InChI=1S/C8H12F3NO3/c9-8(10,11)6(13)4-12-7(14)5-2-1-3-15-5/h5-6,13H,1-4H2,(H,12,14)/t5-,6?/m0/s1. The minimum absolute atomic E-state index is 0.444. The van der Waals surface area contributed by atoms with Crippen molar-refractivity contribution >= 4 is 5.91 Å². The average molecular weight is 227 g/mol. The van der Waals surface area contributed by atoms with Gasteiger partial charge in [0.2, 0.25) is 5.91 Å². The van der Waals surface area contributed by atoms with E-state index in [-0.39, 0.29) is 0 Å². The Balaban J connectivity index is 2.27. The average Bonchev–Trinajstić information content (AvgIpc) is 2.64. The lowest BCUT2D eigenvalue weighted by Gasteiger charge is -2.16. The van der Waals surface area contributed by atoms with Crippen molar-refractivity contribution in [1.82, 2.24) is 5.32 Å². The van der Waals surface area contributed by atoms with Gasteiger partial charge in [0.05, 0.1) is 6.54 Å². The van der Waals surface area contributed by atoms with Crippen LogP contribution in [0.2, 0.25) is 0 Å². The van der Waals surface area contributed by atoms with Gasteiger partial charge >= 0.3 is 6.18 Å². The molecule has 0 saturated carbocycles. The van der Waals surface area contributed by atoms with Crippen LogP contribution in [0, 0.1) is 0 Å². The van der Waals surface area contributed by atoms with E-state index in [0.29, 0.717) is 13.0 Å². The van der Waals surface area contributed by atoms with Crippen molar-refractivity contribution < 1.29 is 27.8 Å². The zero-order valence-electron chi connectivity index (χ0n) is 7.88. The van der Waals surface area contributed by atoms with Gasteiger partial charge in [0.1, 0.15) is 6.10 Å². The van der Waals surface area contributed by atoms with Crippen LogP contribution in [0.1, 0.15) is 12.8 Å². The topological polar surface area (TPSA) is 58.6 Å². The Morgan fingerprint density at radius 1 is 1.60 bits per heavy atom. The number of halogens is 3. The number of rotatable bonds is 3. The summed E-state index contributed by atoms with van der Waals surface area (Å²) in [6.45, 7) is -0.387. The number of ether oxygens (including phenoxy) is 1. The van der Waals surface area contributed by atoms with Gasteiger partial charge in [-0.2, -0.15) is 13.2 Å². The van der Waals surface area contributed by atoms with Crippen molar-refractivity contribution in [3.05, 3.63) is 0 Å². The first-order chi connectivity index (χ1) is 6.91. The van der Waals surface area contributed by atoms with Gasteiger partial charge in [0.25, 0.3) is 0 Å². The molecule has 0 aromatic heterocycles. The van der Waals surface area contributed by atoms with Gasteiger partial charge < -0.3 is 15.2 Å². The minimum atomic E-state index is -4.70. The first-order valence-electron chi connectivity index (χ1n) is 4.55. The fourth-order valence-corrected chi connectivity index (χ4v) is 1.21. The normalized spacial score (nSPS) is 23.9. The fourth-order valence-electron chi connectivity index (χ4n) is 1.21. The number of alkyl halides is 3. The summed E-state index contributed by atoms with van der Waals surface area (Å²) in [7, 11) is 0. The summed E-state index contributed by atoms with van der Waals surface area (Å²) in [5.74, 6) is -0.601. The summed E-state index contributed by atoms with van der Waals surface area (Å²) in [5.41, 5.74) is 0. The summed E-state index contributed by atoms with van der Waals surface area (Å²) >= 11 is 0. The van der Waals surface area contributed by atoms with Gasteiger partial charge in [-0.05, 0) is 12.8 Å². The summed E-state index contributed by atoms with van der Waals surface area (Å²) < 4.78 is 40.5. The third-order valence-corrected chi connectivity index (χ3v) is 2.07. The van der Waals surface area contributed by atoms with Crippen LogP contribution in [0.3, 0.4) is 0 Å². The Kier molecular flexibility index (Phi) is 3.92. The Hall–Kier alpha value is -0.820. The predicted octanol–water partition coefficient (Wildman–Crippen LogP) is 0.205. The maximum atomic E-state index is 11.8. The molecule has 0 radical (unpaired) electrons. The molecule has 1 fully saturated rings. The molecule has 2 atom stereocenters. The van der Waals surface area contributed by atoms with Gasteiger partial charge in [0, 0.05) is 6.61 Å². The maximum Gasteiger partial charge on any atom is 0.416 e. The highest BCUT2D eigenvalue weighted by atomic mass is 19.4. The van der Waals surface area contributed by atoms with E-state index in [2.05, 4.69) is 0 Å². The van der Waals surface area contributed by atoms with Crippen molar-refractivity contribution in [2.45, 2.75) is 31.2 Å². The minimum Gasteiger partial charge on any atom is -0.382 e. The van der Waals surface area contributed by atoms with Gasteiger partial charge in [-0.1, -0.05) is 0 Å². The number of aliphatic hydroxyl groups is 1. The number of aliphatic hydroxyl groups excluding tert-OH is 1. The number of amides is 1. The Labute approximate surface area is 84.4 Å². The molecule has 0 aromatic rings. The first-order valence-corrected chi connectivity index (χ1v) is 4.55.